The molecule has 0 spiro atoms. The van der Waals surface area contributed by atoms with Gasteiger partial charge in [-0.1, -0.05) is 39.1 Å². The Bertz CT molecular complexity index is 719. The number of alkyl halides is 6. The summed E-state index contributed by atoms with van der Waals surface area (Å²) in [6.07, 6.45) is -8.33. The van der Waals surface area contributed by atoms with Crippen LogP contribution in [0.4, 0.5) is 26.3 Å². The van der Waals surface area contributed by atoms with E-state index in [2.05, 4.69) is 31.9 Å². The summed E-state index contributed by atoms with van der Waals surface area (Å²) in [5.41, 5.74) is 0. The highest BCUT2D eigenvalue weighted by atomic mass is 79.9. The molecule has 0 unspecified atom stereocenters. The van der Waals surface area contributed by atoms with Crippen molar-refractivity contribution in [2.75, 3.05) is 11.5 Å². The van der Waals surface area contributed by atoms with Gasteiger partial charge in [0, 0.05) is 23.8 Å². The first kappa shape index (κ1) is 26.3. The molecule has 0 amide bonds. The average molecular weight is 611 g/mol. The van der Waals surface area contributed by atoms with E-state index in [9.17, 15) is 26.3 Å². The summed E-state index contributed by atoms with van der Waals surface area (Å²) in [6, 6.07) is 9.55. The summed E-state index contributed by atoms with van der Waals surface area (Å²) in [5.74, 6) is -1.84. The number of rotatable bonds is 4. The van der Waals surface area contributed by atoms with Crippen LogP contribution in [0.1, 0.15) is 0 Å². The Morgan fingerprint density at radius 2 is 1.29 bits per heavy atom. The van der Waals surface area contributed by atoms with Crippen molar-refractivity contribution in [1.82, 2.24) is 0 Å². The lowest BCUT2D eigenvalue weighted by Crippen LogP contribution is -2.10. The van der Waals surface area contributed by atoms with E-state index in [0.717, 1.165) is 0 Å². The molecule has 0 nitrogen and oxygen atoms in total. The normalized spacial score (nSPS) is 11.8. The molecule has 28 heavy (non-hydrogen) atoms. The van der Waals surface area contributed by atoms with Crippen LogP contribution in [0.5, 0.6) is 0 Å². The van der Waals surface area contributed by atoms with E-state index >= 15 is 0 Å². The second kappa shape index (κ2) is 11.6. The summed E-state index contributed by atoms with van der Waals surface area (Å²) in [4.78, 5) is 0.924. The van der Waals surface area contributed by atoms with Gasteiger partial charge in [0.15, 0.2) is 0 Å². The first-order valence-corrected chi connectivity index (χ1v) is 11.4. The summed E-state index contributed by atoms with van der Waals surface area (Å²) in [7, 11) is 0. The predicted octanol–water partition coefficient (Wildman–Crippen LogP) is 9.51. The van der Waals surface area contributed by atoms with E-state index in [-0.39, 0.29) is 0 Å². The van der Waals surface area contributed by atoms with Gasteiger partial charge in [-0.25, -0.2) is 0 Å². The third-order valence-electron chi connectivity index (χ3n) is 2.57. The molecular formula is C16H10Br2Cl2F6S2. The second-order valence-corrected chi connectivity index (χ2v) is 9.61. The lowest BCUT2D eigenvalue weighted by Gasteiger charge is -2.07. The number of thioether (sulfide) groups is 2. The molecule has 0 aliphatic carbocycles. The third kappa shape index (κ3) is 11.4. The number of benzene rings is 2. The average Bonchev–Trinajstić information content (AvgIpc) is 2.56. The lowest BCUT2D eigenvalue weighted by molar-refractivity contribution is -0.106. The smallest absolute Gasteiger partial charge is 0.170 e. The van der Waals surface area contributed by atoms with Crippen LogP contribution in [0.2, 0.25) is 10.0 Å². The van der Waals surface area contributed by atoms with E-state index in [4.69, 9.17) is 23.2 Å². The predicted molar refractivity (Wildman–Crippen MR) is 112 cm³/mol. The quantitative estimate of drug-likeness (QED) is 0.250. The SMILES string of the molecule is FC(F)(F)CSc1cc(Br)ccc1Cl.FC(F)(F)CSc1cc(Cl)ccc1Br. The Hall–Kier alpha value is 0.260. The first-order chi connectivity index (χ1) is 12.8. The van der Waals surface area contributed by atoms with Crippen molar-refractivity contribution < 1.29 is 26.3 Å². The molecular weight excluding hydrogens is 601 g/mol. The Balaban J connectivity index is 0.000000280. The highest BCUT2D eigenvalue weighted by Gasteiger charge is 2.28. The van der Waals surface area contributed by atoms with E-state index in [1.54, 1.807) is 30.3 Å². The van der Waals surface area contributed by atoms with Crippen molar-refractivity contribution >= 4 is 78.6 Å². The van der Waals surface area contributed by atoms with Gasteiger partial charge in [0.05, 0.1) is 16.5 Å². The highest BCUT2D eigenvalue weighted by molar-refractivity contribution is 9.10. The van der Waals surface area contributed by atoms with Gasteiger partial charge in [0.25, 0.3) is 0 Å². The summed E-state index contributed by atoms with van der Waals surface area (Å²) >= 11 is 19.1. The first-order valence-electron chi connectivity index (χ1n) is 7.06. The van der Waals surface area contributed by atoms with Crippen LogP contribution in [-0.2, 0) is 0 Å². The van der Waals surface area contributed by atoms with Gasteiger partial charge in [-0.05, 0) is 52.3 Å². The Labute approximate surface area is 193 Å². The highest BCUT2D eigenvalue weighted by Crippen LogP contribution is 2.34. The Kier molecular flexibility index (Phi) is 10.9. The Morgan fingerprint density at radius 3 is 1.82 bits per heavy atom. The van der Waals surface area contributed by atoms with Crippen molar-refractivity contribution in [3.8, 4) is 0 Å². The van der Waals surface area contributed by atoms with Gasteiger partial charge in [-0.2, -0.15) is 26.3 Å². The van der Waals surface area contributed by atoms with Gasteiger partial charge in [0.2, 0.25) is 0 Å². The van der Waals surface area contributed by atoms with Crippen LogP contribution in [0.15, 0.2) is 55.1 Å². The summed E-state index contributed by atoms with van der Waals surface area (Å²) in [5, 5.41) is 0.764. The van der Waals surface area contributed by atoms with Gasteiger partial charge >= 0.3 is 12.4 Å². The van der Waals surface area contributed by atoms with Crippen LogP contribution in [0, 0.1) is 0 Å². The third-order valence-corrected chi connectivity index (χ3v) is 6.93. The van der Waals surface area contributed by atoms with Gasteiger partial charge in [-0.15, -0.1) is 23.5 Å². The lowest BCUT2D eigenvalue weighted by atomic mass is 10.4. The minimum atomic E-state index is -4.17. The van der Waals surface area contributed by atoms with Crippen LogP contribution < -0.4 is 0 Å². The van der Waals surface area contributed by atoms with E-state index in [1.165, 1.54) is 6.07 Å². The van der Waals surface area contributed by atoms with Gasteiger partial charge in [0.1, 0.15) is 0 Å². The fourth-order valence-corrected chi connectivity index (χ4v) is 4.59. The van der Waals surface area contributed by atoms with Crippen LogP contribution >= 0.6 is 78.6 Å². The molecule has 2 aromatic carbocycles. The molecule has 12 heteroatoms. The van der Waals surface area contributed by atoms with Gasteiger partial charge < -0.3 is 0 Å². The maximum absolute atomic E-state index is 11.9. The second-order valence-electron chi connectivity index (χ2n) is 4.96. The zero-order valence-electron chi connectivity index (χ0n) is 13.5. The van der Waals surface area contributed by atoms with Crippen LogP contribution in [-0.4, -0.2) is 23.9 Å². The Morgan fingerprint density at radius 1 is 0.750 bits per heavy atom. The largest absolute Gasteiger partial charge is 0.398 e. The van der Waals surface area contributed by atoms with Crippen molar-refractivity contribution in [3.05, 3.63) is 55.4 Å². The van der Waals surface area contributed by atoms with Crippen molar-refractivity contribution in [2.24, 2.45) is 0 Å². The molecule has 0 atom stereocenters. The molecule has 156 valence electrons. The van der Waals surface area contributed by atoms with Crippen LogP contribution in [0.3, 0.4) is 0 Å². The molecule has 2 rings (SSSR count). The van der Waals surface area contributed by atoms with Crippen LogP contribution in [0.25, 0.3) is 0 Å². The fraction of sp³-hybridized carbons (Fsp3) is 0.250. The standard InChI is InChI=1S/2C8H5BrClF3S/c9-6-2-1-5(10)3-7(6)14-4-8(11,12)13;9-5-1-2-6(10)7(3-5)14-4-8(11,12)13/h2*1-3H,4H2. The van der Waals surface area contributed by atoms with E-state index < -0.39 is 23.9 Å². The summed E-state index contributed by atoms with van der Waals surface area (Å²) < 4.78 is 72.7. The zero-order valence-corrected chi connectivity index (χ0v) is 19.8. The molecule has 2 aromatic rings. The molecule has 0 heterocycles. The minimum absolute atomic E-state index is 0.336. The van der Waals surface area contributed by atoms with E-state index in [0.29, 0.717) is 52.3 Å². The fourth-order valence-electron chi connectivity index (χ4n) is 1.49. The van der Waals surface area contributed by atoms with Gasteiger partial charge in [-0.3, -0.25) is 0 Å². The topological polar surface area (TPSA) is 0 Å². The molecule has 0 radical (unpaired) electrons. The van der Waals surface area contributed by atoms with E-state index in [1.807, 2.05) is 0 Å². The maximum atomic E-state index is 11.9. The molecule has 0 saturated carbocycles. The molecule has 0 fully saturated rings. The van der Waals surface area contributed by atoms with Crippen molar-refractivity contribution in [3.63, 3.8) is 0 Å². The molecule has 0 bridgehead atoms. The number of halogens is 10. The van der Waals surface area contributed by atoms with Crippen molar-refractivity contribution in [2.45, 2.75) is 22.1 Å². The summed E-state index contributed by atoms with van der Waals surface area (Å²) in [6.45, 7) is 0. The van der Waals surface area contributed by atoms with Crippen molar-refractivity contribution in [1.29, 1.82) is 0 Å². The number of hydrogen-bond donors (Lipinski definition) is 0. The molecule has 0 saturated heterocycles. The zero-order chi connectivity index (χ0) is 21.5. The molecule has 0 aromatic heterocycles. The molecule has 0 aliphatic heterocycles. The molecule has 0 N–H and O–H groups in total. The minimum Gasteiger partial charge on any atom is -0.170 e. The monoisotopic (exact) mass is 608 g/mol. The number of hydrogen-bond acceptors (Lipinski definition) is 2. The molecule has 0 aliphatic rings. The maximum Gasteiger partial charge on any atom is 0.398 e.